The summed E-state index contributed by atoms with van der Waals surface area (Å²) in [6.07, 6.45) is 0. The Bertz CT molecular complexity index is 2850. The summed E-state index contributed by atoms with van der Waals surface area (Å²) in [6, 6.07) is 69.1. The van der Waals surface area contributed by atoms with Gasteiger partial charge in [0, 0.05) is 55.8 Å². The summed E-state index contributed by atoms with van der Waals surface area (Å²) in [5, 5.41) is 4.73. The highest BCUT2D eigenvalue weighted by Gasteiger charge is 2.20. The third kappa shape index (κ3) is 4.82. The van der Waals surface area contributed by atoms with E-state index in [-0.39, 0.29) is 0 Å². The van der Waals surface area contributed by atoms with E-state index in [0.29, 0.717) is 0 Å². The quantitative estimate of drug-likeness (QED) is 0.178. The Morgan fingerprint density at radius 1 is 0.392 bits per heavy atom. The number of hydrogen-bond acceptors (Lipinski definition) is 2. The molecule has 0 aliphatic rings. The average Bonchev–Trinajstić information content (AvgIpc) is 3.75. The minimum absolute atomic E-state index is 0.868. The Kier molecular flexibility index (Phi) is 6.81. The number of benzene rings is 8. The van der Waals surface area contributed by atoms with Gasteiger partial charge >= 0.3 is 0 Å². The number of furan rings is 1. The fourth-order valence-corrected chi connectivity index (χ4v) is 7.70. The molecule has 0 N–H and O–H groups in total. The summed E-state index contributed by atoms with van der Waals surface area (Å²) >= 11 is 0. The number of aromatic nitrogens is 1. The van der Waals surface area contributed by atoms with Crippen molar-refractivity contribution in [1.29, 1.82) is 0 Å². The van der Waals surface area contributed by atoms with Crippen molar-refractivity contribution in [2.75, 3.05) is 4.90 Å². The van der Waals surface area contributed by atoms with Crippen LogP contribution in [0.15, 0.2) is 199 Å². The van der Waals surface area contributed by atoms with Crippen molar-refractivity contribution in [1.82, 2.24) is 4.57 Å². The van der Waals surface area contributed by atoms with Gasteiger partial charge in [0.2, 0.25) is 0 Å². The van der Waals surface area contributed by atoms with E-state index in [1.54, 1.807) is 0 Å². The van der Waals surface area contributed by atoms with Crippen LogP contribution in [0.4, 0.5) is 17.1 Å². The molecule has 0 spiro atoms. The summed E-state index contributed by atoms with van der Waals surface area (Å²) < 4.78 is 8.79. The number of hydrogen-bond donors (Lipinski definition) is 0. The van der Waals surface area contributed by atoms with E-state index in [1.807, 2.05) is 12.1 Å². The van der Waals surface area contributed by atoms with Gasteiger partial charge in [0.15, 0.2) is 0 Å². The Morgan fingerprint density at radius 3 is 1.84 bits per heavy atom. The molecule has 0 bridgehead atoms. The van der Waals surface area contributed by atoms with Crippen LogP contribution in [0.1, 0.15) is 0 Å². The maximum Gasteiger partial charge on any atom is 0.137 e. The molecule has 0 saturated carbocycles. The van der Waals surface area contributed by atoms with Crippen molar-refractivity contribution < 1.29 is 4.42 Å². The van der Waals surface area contributed by atoms with Gasteiger partial charge in [0.25, 0.3) is 0 Å². The summed E-state index contributed by atoms with van der Waals surface area (Å²) in [4.78, 5) is 2.35. The van der Waals surface area contributed by atoms with Gasteiger partial charge in [-0.05, 0) is 65.7 Å². The van der Waals surface area contributed by atoms with E-state index in [2.05, 4.69) is 191 Å². The van der Waals surface area contributed by atoms with Crippen molar-refractivity contribution in [2.45, 2.75) is 0 Å². The first-order valence-electron chi connectivity index (χ1n) is 17.4. The Balaban J connectivity index is 1.16. The third-order valence-corrected chi connectivity index (χ3v) is 10.00. The highest BCUT2D eigenvalue weighted by molar-refractivity contribution is 6.14. The average molecular weight is 653 g/mol. The van der Waals surface area contributed by atoms with E-state index in [9.17, 15) is 0 Å². The van der Waals surface area contributed by atoms with E-state index >= 15 is 0 Å². The van der Waals surface area contributed by atoms with Gasteiger partial charge in [-0.1, -0.05) is 133 Å². The molecular formula is C48H32N2O. The van der Waals surface area contributed by atoms with Gasteiger partial charge in [0.1, 0.15) is 11.2 Å². The molecule has 51 heavy (non-hydrogen) atoms. The van der Waals surface area contributed by atoms with Crippen LogP contribution in [0, 0.1) is 0 Å². The maximum absolute atomic E-state index is 6.39. The first kappa shape index (κ1) is 29.1. The summed E-state index contributed by atoms with van der Waals surface area (Å²) in [6.45, 7) is 0. The van der Waals surface area contributed by atoms with Crippen molar-refractivity contribution in [3.63, 3.8) is 0 Å². The third-order valence-electron chi connectivity index (χ3n) is 10.00. The smallest absolute Gasteiger partial charge is 0.137 e. The monoisotopic (exact) mass is 652 g/mol. The molecule has 3 nitrogen and oxygen atoms in total. The SMILES string of the molecule is c1ccc(-c2ccccc2N(c2ccc(-c3cccc4c5ccccc5n(-c5ccccc5)c34)cc2)c2ccc3c(c2)oc2ccccc23)cc1. The van der Waals surface area contributed by atoms with Crippen LogP contribution in [0.5, 0.6) is 0 Å². The number of para-hydroxylation sites is 5. The summed E-state index contributed by atoms with van der Waals surface area (Å²) in [5.74, 6) is 0. The normalized spacial score (nSPS) is 11.5. The molecule has 0 aliphatic heterocycles. The largest absolute Gasteiger partial charge is 0.456 e. The zero-order valence-corrected chi connectivity index (χ0v) is 27.8. The molecule has 10 rings (SSSR count). The van der Waals surface area contributed by atoms with Crippen LogP contribution in [-0.4, -0.2) is 4.57 Å². The number of fused-ring (bicyclic) bond motifs is 6. The Hall–Kier alpha value is -6.84. The van der Waals surface area contributed by atoms with Crippen molar-refractivity contribution in [2.24, 2.45) is 0 Å². The van der Waals surface area contributed by atoms with Gasteiger partial charge in [-0.3, -0.25) is 0 Å². The second kappa shape index (κ2) is 11.9. The summed E-state index contributed by atoms with van der Waals surface area (Å²) in [7, 11) is 0. The number of rotatable bonds is 6. The van der Waals surface area contributed by atoms with Crippen LogP contribution in [-0.2, 0) is 0 Å². The molecule has 10 aromatic rings. The number of nitrogens with zero attached hydrogens (tertiary/aromatic N) is 2. The lowest BCUT2D eigenvalue weighted by molar-refractivity contribution is 0.669. The highest BCUT2D eigenvalue weighted by Crippen LogP contribution is 2.44. The molecule has 0 unspecified atom stereocenters. The molecular weight excluding hydrogens is 621 g/mol. The van der Waals surface area contributed by atoms with E-state index in [1.165, 1.54) is 32.9 Å². The fourth-order valence-electron chi connectivity index (χ4n) is 7.70. The molecule has 0 radical (unpaired) electrons. The molecule has 8 aromatic carbocycles. The van der Waals surface area contributed by atoms with Crippen molar-refractivity contribution >= 4 is 60.8 Å². The second-order valence-corrected chi connectivity index (χ2v) is 12.9. The van der Waals surface area contributed by atoms with Gasteiger partial charge in [0.05, 0.1) is 16.7 Å². The molecule has 0 fully saturated rings. The molecule has 2 heterocycles. The standard InChI is InChI=1S/C48H32N2O/c1-3-14-33(15-4-1)38-18-7-10-23-44(38)49(37-30-31-42-41-20-9-12-25-46(41)51-47(42)32-37)36-28-26-34(27-29-36)39-21-13-22-43-40-19-8-11-24-45(40)50(48(39)43)35-16-5-2-6-17-35/h1-32H. The molecule has 3 heteroatoms. The van der Waals surface area contributed by atoms with Crippen molar-refractivity contribution in [3.05, 3.63) is 194 Å². The van der Waals surface area contributed by atoms with Crippen LogP contribution in [0.3, 0.4) is 0 Å². The molecule has 0 amide bonds. The van der Waals surface area contributed by atoms with E-state index in [4.69, 9.17) is 4.42 Å². The molecule has 0 saturated heterocycles. The second-order valence-electron chi connectivity index (χ2n) is 12.9. The Morgan fingerprint density at radius 2 is 1.00 bits per heavy atom. The Labute approximate surface area is 295 Å². The molecule has 0 atom stereocenters. The number of anilines is 3. The predicted octanol–water partition coefficient (Wildman–Crippen LogP) is 13.5. The topological polar surface area (TPSA) is 21.3 Å². The minimum Gasteiger partial charge on any atom is -0.456 e. The predicted molar refractivity (Wildman–Crippen MR) is 214 cm³/mol. The molecule has 2 aromatic heterocycles. The fraction of sp³-hybridized carbons (Fsp3) is 0. The molecule has 0 aliphatic carbocycles. The lowest BCUT2D eigenvalue weighted by Gasteiger charge is -2.28. The van der Waals surface area contributed by atoms with Gasteiger partial charge in [-0.2, -0.15) is 0 Å². The van der Waals surface area contributed by atoms with Crippen LogP contribution in [0.2, 0.25) is 0 Å². The first-order chi connectivity index (χ1) is 25.3. The van der Waals surface area contributed by atoms with Gasteiger partial charge in [-0.25, -0.2) is 0 Å². The summed E-state index contributed by atoms with van der Waals surface area (Å²) in [5.41, 5.74) is 13.2. The first-order valence-corrected chi connectivity index (χ1v) is 17.4. The zero-order chi connectivity index (χ0) is 33.7. The van der Waals surface area contributed by atoms with Crippen molar-refractivity contribution in [3.8, 4) is 27.9 Å². The van der Waals surface area contributed by atoms with Crippen LogP contribution >= 0.6 is 0 Å². The maximum atomic E-state index is 6.39. The van der Waals surface area contributed by atoms with E-state index in [0.717, 1.165) is 55.8 Å². The lowest BCUT2D eigenvalue weighted by atomic mass is 10.00. The molecule has 240 valence electrons. The van der Waals surface area contributed by atoms with Gasteiger partial charge < -0.3 is 13.9 Å². The highest BCUT2D eigenvalue weighted by atomic mass is 16.3. The lowest BCUT2D eigenvalue weighted by Crippen LogP contribution is -2.11. The van der Waals surface area contributed by atoms with Crippen LogP contribution < -0.4 is 4.90 Å². The zero-order valence-electron chi connectivity index (χ0n) is 27.8. The van der Waals surface area contributed by atoms with Gasteiger partial charge in [-0.15, -0.1) is 0 Å². The van der Waals surface area contributed by atoms with Crippen LogP contribution in [0.25, 0.3) is 71.7 Å². The minimum atomic E-state index is 0.868. The van der Waals surface area contributed by atoms with E-state index < -0.39 is 0 Å².